The number of aromatic amines is 1. The molecule has 19 heavy (non-hydrogen) atoms. The fourth-order valence-corrected chi connectivity index (χ4v) is 2.96. The van der Waals surface area contributed by atoms with E-state index in [1.807, 2.05) is 17.0 Å². The molecular formula is C15H18F2N2. The molecular weight excluding hydrogens is 246 g/mol. The summed E-state index contributed by atoms with van der Waals surface area (Å²) >= 11 is 0. The number of nitrogens with zero attached hydrogens (tertiary/aromatic N) is 1. The summed E-state index contributed by atoms with van der Waals surface area (Å²) in [5.41, 5.74) is 3.60. The third-order valence-corrected chi connectivity index (χ3v) is 3.99. The molecule has 0 unspecified atom stereocenters. The SMILES string of the molecule is C[C@@H]1Cc2c([nH]c3ccccc23)CN1C[C@H](F)CF. The van der Waals surface area contributed by atoms with Crippen LogP contribution >= 0.6 is 0 Å². The van der Waals surface area contributed by atoms with Gasteiger partial charge >= 0.3 is 0 Å². The van der Waals surface area contributed by atoms with Crippen LogP contribution in [0.5, 0.6) is 0 Å². The highest BCUT2D eigenvalue weighted by atomic mass is 19.2. The molecule has 1 aliphatic heterocycles. The molecule has 1 aromatic carbocycles. The number of benzene rings is 1. The van der Waals surface area contributed by atoms with Gasteiger partial charge in [-0.1, -0.05) is 18.2 Å². The van der Waals surface area contributed by atoms with Gasteiger partial charge in [0.05, 0.1) is 0 Å². The van der Waals surface area contributed by atoms with E-state index >= 15 is 0 Å². The van der Waals surface area contributed by atoms with E-state index in [1.54, 1.807) is 0 Å². The lowest BCUT2D eigenvalue weighted by molar-refractivity contribution is 0.118. The minimum Gasteiger partial charge on any atom is -0.357 e. The van der Waals surface area contributed by atoms with Crippen LogP contribution in [-0.2, 0) is 13.0 Å². The zero-order chi connectivity index (χ0) is 13.4. The van der Waals surface area contributed by atoms with Gasteiger partial charge in [-0.2, -0.15) is 0 Å². The van der Waals surface area contributed by atoms with Crippen LogP contribution in [0.1, 0.15) is 18.2 Å². The predicted octanol–water partition coefficient (Wildman–Crippen LogP) is 3.22. The Morgan fingerprint density at radius 1 is 1.42 bits per heavy atom. The van der Waals surface area contributed by atoms with Gasteiger partial charge in [-0.05, 0) is 25.0 Å². The van der Waals surface area contributed by atoms with E-state index in [4.69, 9.17) is 0 Å². The summed E-state index contributed by atoms with van der Waals surface area (Å²) < 4.78 is 25.6. The summed E-state index contributed by atoms with van der Waals surface area (Å²) in [7, 11) is 0. The Morgan fingerprint density at radius 3 is 3.00 bits per heavy atom. The molecule has 102 valence electrons. The average molecular weight is 264 g/mol. The summed E-state index contributed by atoms with van der Waals surface area (Å²) in [5, 5.41) is 1.26. The molecule has 2 nitrogen and oxygen atoms in total. The van der Waals surface area contributed by atoms with Crippen molar-refractivity contribution in [3.63, 3.8) is 0 Å². The van der Waals surface area contributed by atoms with Crippen LogP contribution in [0.15, 0.2) is 24.3 Å². The highest BCUT2D eigenvalue weighted by Gasteiger charge is 2.27. The van der Waals surface area contributed by atoms with Crippen LogP contribution < -0.4 is 0 Å². The van der Waals surface area contributed by atoms with Gasteiger partial charge in [0.15, 0.2) is 0 Å². The van der Waals surface area contributed by atoms with E-state index in [1.165, 1.54) is 10.9 Å². The van der Waals surface area contributed by atoms with Gasteiger partial charge in [0.1, 0.15) is 12.8 Å². The van der Waals surface area contributed by atoms with Crippen molar-refractivity contribution in [2.75, 3.05) is 13.2 Å². The van der Waals surface area contributed by atoms with Crippen LogP contribution in [0.2, 0.25) is 0 Å². The molecule has 0 bridgehead atoms. The minimum atomic E-state index is -1.38. The van der Waals surface area contributed by atoms with Crippen molar-refractivity contribution in [2.24, 2.45) is 0 Å². The molecule has 2 heterocycles. The van der Waals surface area contributed by atoms with Crippen molar-refractivity contribution in [1.29, 1.82) is 0 Å². The number of para-hydroxylation sites is 1. The molecule has 3 rings (SSSR count). The fourth-order valence-electron chi connectivity index (χ4n) is 2.96. The lowest BCUT2D eigenvalue weighted by Gasteiger charge is -2.33. The standard InChI is InChI=1S/C15H18F2N2/c1-10-6-13-12-4-2-3-5-14(12)18-15(13)9-19(10)8-11(17)7-16/h2-5,10-11,18H,6-9H2,1H3/t10-,11-/m1/s1. The first-order valence-corrected chi connectivity index (χ1v) is 6.71. The highest BCUT2D eigenvalue weighted by molar-refractivity contribution is 5.84. The number of aromatic nitrogens is 1. The molecule has 2 atom stereocenters. The number of nitrogens with one attached hydrogen (secondary N) is 1. The van der Waals surface area contributed by atoms with Gasteiger partial charge in [0.25, 0.3) is 0 Å². The number of hydrogen-bond acceptors (Lipinski definition) is 1. The van der Waals surface area contributed by atoms with Crippen LogP contribution in [0.4, 0.5) is 8.78 Å². The number of rotatable bonds is 3. The van der Waals surface area contributed by atoms with Crippen LogP contribution in [0.3, 0.4) is 0 Å². The van der Waals surface area contributed by atoms with Crippen molar-refractivity contribution >= 4 is 10.9 Å². The zero-order valence-corrected chi connectivity index (χ0v) is 11.0. The first kappa shape index (κ1) is 12.6. The second kappa shape index (κ2) is 4.93. The van der Waals surface area contributed by atoms with Crippen molar-refractivity contribution in [2.45, 2.75) is 32.1 Å². The van der Waals surface area contributed by atoms with Crippen molar-refractivity contribution < 1.29 is 8.78 Å². The van der Waals surface area contributed by atoms with E-state index in [-0.39, 0.29) is 12.6 Å². The minimum absolute atomic E-state index is 0.173. The predicted molar refractivity (Wildman–Crippen MR) is 72.7 cm³/mol. The molecule has 1 aromatic heterocycles. The van der Waals surface area contributed by atoms with Crippen molar-refractivity contribution in [3.8, 4) is 0 Å². The number of hydrogen-bond donors (Lipinski definition) is 1. The molecule has 4 heteroatoms. The summed E-state index contributed by atoms with van der Waals surface area (Å²) in [6.45, 7) is 2.02. The number of halogens is 2. The zero-order valence-electron chi connectivity index (χ0n) is 11.0. The maximum absolute atomic E-state index is 13.2. The Hall–Kier alpha value is -1.42. The molecule has 1 N–H and O–H groups in total. The second-order valence-corrected chi connectivity index (χ2v) is 5.36. The number of alkyl halides is 2. The van der Waals surface area contributed by atoms with Crippen LogP contribution in [0, 0.1) is 0 Å². The molecule has 2 aromatic rings. The average Bonchev–Trinajstić information content (AvgIpc) is 2.77. The second-order valence-electron chi connectivity index (χ2n) is 5.36. The Kier molecular flexibility index (Phi) is 3.27. The molecule has 1 aliphatic rings. The summed E-state index contributed by atoms with van der Waals surface area (Å²) in [4.78, 5) is 5.42. The van der Waals surface area contributed by atoms with Crippen molar-refractivity contribution in [3.05, 3.63) is 35.5 Å². The number of fused-ring (bicyclic) bond motifs is 3. The van der Waals surface area contributed by atoms with Crippen LogP contribution in [-0.4, -0.2) is 35.3 Å². The molecule has 0 saturated heterocycles. The molecule has 0 saturated carbocycles. The molecule has 0 spiro atoms. The quantitative estimate of drug-likeness (QED) is 0.902. The Bertz CT molecular complexity index is 579. The smallest absolute Gasteiger partial charge is 0.141 e. The number of H-pyrrole nitrogens is 1. The molecule has 0 amide bonds. The van der Waals surface area contributed by atoms with E-state index in [9.17, 15) is 8.78 Å². The first-order chi connectivity index (χ1) is 9.19. The molecule has 0 radical (unpaired) electrons. The van der Waals surface area contributed by atoms with Gasteiger partial charge < -0.3 is 4.98 Å². The highest BCUT2D eigenvalue weighted by Crippen LogP contribution is 2.30. The van der Waals surface area contributed by atoms with Gasteiger partial charge in [-0.25, -0.2) is 8.78 Å². The lowest BCUT2D eigenvalue weighted by Crippen LogP contribution is -2.42. The fraction of sp³-hybridized carbons (Fsp3) is 0.467. The van der Waals surface area contributed by atoms with E-state index < -0.39 is 12.8 Å². The van der Waals surface area contributed by atoms with E-state index in [2.05, 4.69) is 24.0 Å². The van der Waals surface area contributed by atoms with E-state index in [0.29, 0.717) is 6.54 Å². The van der Waals surface area contributed by atoms with E-state index in [0.717, 1.165) is 17.6 Å². The monoisotopic (exact) mass is 264 g/mol. The molecule has 0 fully saturated rings. The Balaban J connectivity index is 1.90. The Morgan fingerprint density at radius 2 is 2.21 bits per heavy atom. The maximum atomic E-state index is 13.2. The maximum Gasteiger partial charge on any atom is 0.141 e. The molecule has 0 aliphatic carbocycles. The first-order valence-electron chi connectivity index (χ1n) is 6.71. The normalized spacial score (nSPS) is 21.5. The summed E-state index contributed by atoms with van der Waals surface area (Å²) in [5.74, 6) is 0. The summed E-state index contributed by atoms with van der Waals surface area (Å²) in [6.07, 6.45) is -0.494. The Labute approximate surface area is 111 Å². The third kappa shape index (κ3) is 2.25. The lowest BCUT2D eigenvalue weighted by atomic mass is 9.97. The topological polar surface area (TPSA) is 19.0 Å². The van der Waals surface area contributed by atoms with Gasteiger partial charge in [-0.3, -0.25) is 4.90 Å². The van der Waals surface area contributed by atoms with Gasteiger partial charge in [0.2, 0.25) is 0 Å². The largest absolute Gasteiger partial charge is 0.357 e. The van der Waals surface area contributed by atoms with Crippen LogP contribution in [0.25, 0.3) is 10.9 Å². The third-order valence-electron chi connectivity index (χ3n) is 3.99. The van der Waals surface area contributed by atoms with Gasteiger partial charge in [-0.15, -0.1) is 0 Å². The van der Waals surface area contributed by atoms with Gasteiger partial charge in [0, 0.05) is 35.7 Å². The summed E-state index contributed by atoms with van der Waals surface area (Å²) in [6, 6.07) is 8.46. The van der Waals surface area contributed by atoms with Crippen molar-refractivity contribution in [1.82, 2.24) is 9.88 Å².